The van der Waals surface area contributed by atoms with Crippen LogP contribution in [0.15, 0.2) is 30.7 Å². The van der Waals surface area contributed by atoms with Gasteiger partial charge in [-0.15, -0.1) is 0 Å². The first-order valence-electron chi connectivity index (χ1n) is 8.96. The standard InChI is InChI=1S/C19H17N7O3/c20-7-15-21-8-12(9-22-15)10-24-19(28)17-18(27)13-1-2-16(25-14(13)11-23-17)26-3-5-29-6-4-26/h1-2,8-9,11,27H,3-6,10H2,(H,24,28). The highest BCUT2D eigenvalue weighted by Crippen LogP contribution is 2.28. The quantitative estimate of drug-likeness (QED) is 0.660. The zero-order chi connectivity index (χ0) is 20.2. The third-order valence-electron chi connectivity index (χ3n) is 4.51. The van der Waals surface area contributed by atoms with Crippen LogP contribution < -0.4 is 10.2 Å². The van der Waals surface area contributed by atoms with Crippen LogP contribution in [0.5, 0.6) is 5.75 Å². The Balaban J connectivity index is 1.51. The Morgan fingerprint density at radius 2 is 1.97 bits per heavy atom. The predicted octanol–water partition coefficient (Wildman–Crippen LogP) is 0.764. The second-order valence-corrected chi connectivity index (χ2v) is 6.37. The number of nitrogens with zero attached hydrogens (tertiary/aromatic N) is 6. The van der Waals surface area contributed by atoms with E-state index in [1.165, 1.54) is 18.6 Å². The molecule has 0 spiro atoms. The first-order chi connectivity index (χ1) is 14.2. The van der Waals surface area contributed by atoms with Crippen molar-refractivity contribution in [1.82, 2.24) is 25.3 Å². The summed E-state index contributed by atoms with van der Waals surface area (Å²) in [6, 6.07) is 5.37. The van der Waals surface area contributed by atoms with E-state index in [1.807, 2.05) is 12.1 Å². The Morgan fingerprint density at radius 3 is 2.69 bits per heavy atom. The zero-order valence-electron chi connectivity index (χ0n) is 15.4. The second-order valence-electron chi connectivity index (χ2n) is 6.37. The average molecular weight is 391 g/mol. The molecule has 3 aromatic rings. The molecule has 10 heteroatoms. The molecule has 0 radical (unpaired) electrons. The lowest BCUT2D eigenvalue weighted by Gasteiger charge is -2.27. The fourth-order valence-corrected chi connectivity index (χ4v) is 2.98. The first kappa shape index (κ1) is 18.5. The first-order valence-corrected chi connectivity index (χ1v) is 8.96. The van der Waals surface area contributed by atoms with Gasteiger partial charge in [0, 0.05) is 43.0 Å². The number of amides is 1. The molecule has 1 aliphatic rings. The van der Waals surface area contributed by atoms with E-state index in [0.29, 0.717) is 29.7 Å². The van der Waals surface area contributed by atoms with Gasteiger partial charge in [-0.3, -0.25) is 4.79 Å². The monoisotopic (exact) mass is 391 g/mol. The molecule has 4 rings (SSSR count). The Bertz CT molecular complexity index is 1090. The summed E-state index contributed by atoms with van der Waals surface area (Å²) in [5, 5.41) is 22.3. The number of carbonyl (C=O) groups excluding carboxylic acids is 1. The molecule has 0 atom stereocenters. The minimum absolute atomic E-state index is 0.0536. The largest absolute Gasteiger partial charge is 0.505 e. The molecule has 10 nitrogen and oxygen atoms in total. The van der Waals surface area contributed by atoms with E-state index in [1.54, 1.807) is 6.07 Å². The van der Waals surface area contributed by atoms with E-state index in [9.17, 15) is 9.90 Å². The van der Waals surface area contributed by atoms with Gasteiger partial charge >= 0.3 is 0 Å². The Morgan fingerprint density at radius 1 is 1.21 bits per heavy atom. The van der Waals surface area contributed by atoms with E-state index >= 15 is 0 Å². The lowest BCUT2D eigenvalue weighted by Crippen LogP contribution is -2.36. The molecule has 0 bridgehead atoms. The molecule has 3 aromatic heterocycles. The van der Waals surface area contributed by atoms with Crippen molar-refractivity contribution in [2.24, 2.45) is 0 Å². The van der Waals surface area contributed by atoms with Crippen LogP contribution in [0.25, 0.3) is 10.9 Å². The van der Waals surface area contributed by atoms with Crippen molar-refractivity contribution in [3.63, 3.8) is 0 Å². The summed E-state index contributed by atoms with van der Waals surface area (Å²) < 4.78 is 5.35. The smallest absolute Gasteiger partial charge is 0.274 e. The van der Waals surface area contributed by atoms with Gasteiger partial charge in [-0.1, -0.05) is 0 Å². The van der Waals surface area contributed by atoms with E-state index in [4.69, 9.17) is 10.00 Å². The number of aromatic hydroxyl groups is 1. The highest BCUT2D eigenvalue weighted by Gasteiger charge is 2.18. The number of pyridine rings is 2. The molecule has 1 aliphatic heterocycles. The lowest BCUT2D eigenvalue weighted by molar-refractivity contribution is 0.0943. The van der Waals surface area contributed by atoms with Crippen molar-refractivity contribution in [2.45, 2.75) is 6.54 Å². The summed E-state index contributed by atoms with van der Waals surface area (Å²) in [5.74, 6) is 0.0704. The highest BCUT2D eigenvalue weighted by molar-refractivity contribution is 6.00. The average Bonchev–Trinajstić information content (AvgIpc) is 2.78. The van der Waals surface area contributed by atoms with Gasteiger partial charge in [-0.05, 0) is 12.1 Å². The van der Waals surface area contributed by atoms with Gasteiger partial charge in [-0.2, -0.15) is 5.26 Å². The number of hydrogen-bond donors (Lipinski definition) is 2. The van der Waals surface area contributed by atoms with Crippen molar-refractivity contribution in [3.05, 3.63) is 47.8 Å². The van der Waals surface area contributed by atoms with Gasteiger partial charge in [0.05, 0.1) is 24.9 Å². The molecule has 2 N–H and O–H groups in total. The van der Waals surface area contributed by atoms with Gasteiger partial charge in [0.25, 0.3) is 5.91 Å². The highest BCUT2D eigenvalue weighted by atomic mass is 16.5. The molecule has 0 saturated carbocycles. The minimum Gasteiger partial charge on any atom is -0.505 e. The number of aromatic nitrogens is 4. The van der Waals surface area contributed by atoms with Crippen LogP contribution in [0, 0.1) is 11.3 Å². The van der Waals surface area contributed by atoms with Gasteiger partial charge in [0.2, 0.25) is 5.82 Å². The summed E-state index contributed by atoms with van der Waals surface area (Å²) in [6.07, 6.45) is 4.38. The summed E-state index contributed by atoms with van der Waals surface area (Å²) in [5.41, 5.74) is 1.03. The topological polar surface area (TPSA) is 137 Å². The Labute approximate surface area is 165 Å². The molecule has 1 fully saturated rings. The van der Waals surface area contributed by atoms with Crippen LogP contribution in [0.2, 0.25) is 0 Å². The normalized spacial score (nSPS) is 13.8. The van der Waals surface area contributed by atoms with Gasteiger partial charge in [0.15, 0.2) is 11.4 Å². The maximum Gasteiger partial charge on any atom is 0.274 e. The number of fused-ring (bicyclic) bond motifs is 1. The third-order valence-corrected chi connectivity index (χ3v) is 4.51. The number of rotatable bonds is 4. The molecule has 4 heterocycles. The third kappa shape index (κ3) is 3.90. The van der Waals surface area contributed by atoms with Crippen LogP contribution in [-0.4, -0.2) is 57.3 Å². The number of hydrogen-bond acceptors (Lipinski definition) is 9. The molecule has 0 aromatic carbocycles. The molecule has 1 saturated heterocycles. The number of ether oxygens (including phenoxy) is 1. The molecule has 0 aliphatic carbocycles. The molecule has 0 unspecified atom stereocenters. The van der Waals surface area contributed by atoms with Gasteiger partial charge in [0.1, 0.15) is 11.9 Å². The van der Waals surface area contributed by atoms with Crippen LogP contribution >= 0.6 is 0 Å². The van der Waals surface area contributed by atoms with Crippen LogP contribution in [0.3, 0.4) is 0 Å². The summed E-state index contributed by atoms with van der Waals surface area (Å²) >= 11 is 0. The van der Waals surface area contributed by atoms with E-state index in [-0.39, 0.29) is 23.8 Å². The van der Waals surface area contributed by atoms with E-state index in [0.717, 1.165) is 18.9 Å². The summed E-state index contributed by atoms with van der Waals surface area (Å²) in [7, 11) is 0. The Hall–Kier alpha value is -3.84. The van der Waals surface area contributed by atoms with Gasteiger partial charge in [-0.25, -0.2) is 19.9 Å². The van der Waals surface area contributed by atoms with E-state index in [2.05, 4.69) is 30.2 Å². The van der Waals surface area contributed by atoms with Crippen molar-refractivity contribution in [1.29, 1.82) is 5.26 Å². The SMILES string of the molecule is N#Cc1ncc(CNC(=O)c2ncc3nc(N4CCOCC4)ccc3c2O)cn1. The lowest BCUT2D eigenvalue weighted by atomic mass is 10.2. The van der Waals surface area contributed by atoms with Crippen LogP contribution in [-0.2, 0) is 11.3 Å². The number of morpholine rings is 1. The summed E-state index contributed by atoms with van der Waals surface area (Å²) in [6.45, 7) is 2.92. The Kier molecular flexibility index (Phi) is 5.13. The fraction of sp³-hybridized carbons (Fsp3) is 0.263. The molecule has 1 amide bonds. The van der Waals surface area contributed by atoms with Crippen molar-refractivity contribution >= 4 is 22.6 Å². The summed E-state index contributed by atoms with van der Waals surface area (Å²) in [4.78, 5) is 30.9. The number of carbonyl (C=O) groups is 1. The minimum atomic E-state index is -0.536. The zero-order valence-corrected chi connectivity index (χ0v) is 15.4. The van der Waals surface area contributed by atoms with E-state index < -0.39 is 5.91 Å². The van der Waals surface area contributed by atoms with Gasteiger partial charge < -0.3 is 20.1 Å². The van der Waals surface area contributed by atoms with Crippen LogP contribution in [0.4, 0.5) is 5.82 Å². The van der Waals surface area contributed by atoms with Crippen molar-refractivity contribution < 1.29 is 14.6 Å². The van der Waals surface area contributed by atoms with Crippen molar-refractivity contribution in [2.75, 3.05) is 31.2 Å². The number of nitriles is 1. The molecular weight excluding hydrogens is 374 g/mol. The number of anilines is 1. The second kappa shape index (κ2) is 8.04. The van der Waals surface area contributed by atoms with Crippen LogP contribution in [0.1, 0.15) is 21.9 Å². The maximum atomic E-state index is 12.5. The maximum absolute atomic E-state index is 12.5. The predicted molar refractivity (Wildman–Crippen MR) is 102 cm³/mol. The van der Waals surface area contributed by atoms with Crippen molar-refractivity contribution in [3.8, 4) is 11.8 Å². The molecular formula is C19H17N7O3. The molecule has 146 valence electrons. The fourth-order valence-electron chi connectivity index (χ4n) is 2.98. The number of nitrogens with one attached hydrogen (secondary N) is 1. The molecule has 29 heavy (non-hydrogen) atoms.